The fourth-order valence-electron chi connectivity index (χ4n) is 2.90. The molecule has 0 spiro atoms. The number of esters is 2. The lowest BCUT2D eigenvalue weighted by molar-refractivity contribution is -0.145. The highest BCUT2D eigenvalue weighted by molar-refractivity contribution is 6.04. The van der Waals surface area contributed by atoms with Gasteiger partial charge in [0.25, 0.3) is 5.91 Å². The highest BCUT2D eigenvalue weighted by atomic mass is 16.5. The Morgan fingerprint density at radius 1 is 1.07 bits per heavy atom. The molecule has 2 N–H and O–H groups in total. The molecule has 1 aromatic carbocycles. The van der Waals surface area contributed by atoms with Crippen molar-refractivity contribution < 1.29 is 33.4 Å². The summed E-state index contributed by atoms with van der Waals surface area (Å²) in [6, 6.07) is 6.36. The van der Waals surface area contributed by atoms with Gasteiger partial charge in [-0.1, -0.05) is 0 Å². The van der Waals surface area contributed by atoms with Gasteiger partial charge in [-0.2, -0.15) is 0 Å². The number of ether oxygens (including phenoxy) is 3. The molecule has 0 saturated carbocycles. The molecule has 1 amide bonds. The van der Waals surface area contributed by atoms with Crippen LogP contribution in [0.2, 0.25) is 0 Å². The molecular weight excluding hydrogens is 392 g/mol. The number of benzene rings is 1. The number of carbonyl (C=O) groups excluding carboxylic acids is 4. The largest absolute Gasteiger partial charge is 0.497 e. The summed E-state index contributed by atoms with van der Waals surface area (Å²) < 4.78 is 14.9. The van der Waals surface area contributed by atoms with Gasteiger partial charge in [-0.3, -0.25) is 14.4 Å². The number of Topliss-reactive ketones (excluding diaryl/α,β-unsaturated/α-hetero) is 1. The molecule has 160 valence electrons. The zero-order valence-corrected chi connectivity index (χ0v) is 17.5. The standard InChI is InChI=1S/C21H24N2O7/c1-11-17(21(27)29-5)12(2)23-18(11)19(25)13(3)30-16(24)10-22-20(26)14-6-8-15(28-4)9-7-14/h6-9,13,23H,10H2,1-5H3,(H,22,26)/t13-/m1/s1. The van der Waals surface area contributed by atoms with Crippen molar-refractivity contribution in [2.75, 3.05) is 20.8 Å². The van der Waals surface area contributed by atoms with Crippen LogP contribution in [0.15, 0.2) is 24.3 Å². The van der Waals surface area contributed by atoms with E-state index in [0.29, 0.717) is 22.6 Å². The van der Waals surface area contributed by atoms with E-state index in [2.05, 4.69) is 10.3 Å². The average Bonchev–Trinajstić information content (AvgIpc) is 3.04. The first kappa shape index (κ1) is 22.7. The SMILES string of the molecule is COC(=O)c1c(C)[nH]c(C(=O)[C@@H](C)OC(=O)CNC(=O)c2ccc(OC)cc2)c1C. The number of methoxy groups -OCH3 is 2. The molecule has 1 heterocycles. The van der Waals surface area contributed by atoms with Crippen LogP contribution >= 0.6 is 0 Å². The van der Waals surface area contributed by atoms with Crippen LogP contribution < -0.4 is 10.1 Å². The van der Waals surface area contributed by atoms with Gasteiger partial charge in [-0.15, -0.1) is 0 Å². The summed E-state index contributed by atoms with van der Waals surface area (Å²) in [5, 5.41) is 2.43. The molecule has 0 aliphatic carbocycles. The number of aryl methyl sites for hydroxylation is 1. The van der Waals surface area contributed by atoms with Crippen LogP contribution in [0.4, 0.5) is 0 Å². The van der Waals surface area contributed by atoms with Crippen molar-refractivity contribution in [2.45, 2.75) is 26.9 Å². The third kappa shape index (κ3) is 5.05. The van der Waals surface area contributed by atoms with E-state index in [1.54, 1.807) is 38.1 Å². The Morgan fingerprint density at radius 2 is 1.70 bits per heavy atom. The van der Waals surface area contributed by atoms with Crippen LogP contribution in [0.3, 0.4) is 0 Å². The van der Waals surface area contributed by atoms with Crippen molar-refractivity contribution in [3.63, 3.8) is 0 Å². The van der Waals surface area contributed by atoms with Crippen molar-refractivity contribution in [1.29, 1.82) is 0 Å². The van der Waals surface area contributed by atoms with E-state index in [-0.39, 0.29) is 11.3 Å². The molecule has 1 atom stereocenters. The van der Waals surface area contributed by atoms with Gasteiger partial charge in [0.15, 0.2) is 6.10 Å². The fourth-order valence-corrected chi connectivity index (χ4v) is 2.90. The summed E-state index contributed by atoms with van der Waals surface area (Å²) in [5.74, 6) is -1.70. The van der Waals surface area contributed by atoms with Crippen molar-refractivity contribution >= 4 is 23.6 Å². The van der Waals surface area contributed by atoms with E-state index in [1.807, 2.05) is 0 Å². The normalized spacial score (nSPS) is 11.4. The van der Waals surface area contributed by atoms with E-state index in [0.717, 1.165) is 0 Å². The van der Waals surface area contributed by atoms with Gasteiger partial charge in [0, 0.05) is 11.3 Å². The van der Waals surface area contributed by atoms with E-state index in [9.17, 15) is 19.2 Å². The van der Waals surface area contributed by atoms with E-state index in [1.165, 1.54) is 21.1 Å². The van der Waals surface area contributed by atoms with Crippen LogP contribution in [-0.2, 0) is 14.3 Å². The first-order chi connectivity index (χ1) is 14.2. The zero-order valence-electron chi connectivity index (χ0n) is 17.5. The molecular formula is C21H24N2O7. The summed E-state index contributed by atoms with van der Waals surface area (Å²) in [7, 11) is 2.76. The van der Waals surface area contributed by atoms with Crippen molar-refractivity contribution in [3.05, 3.63) is 52.3 Å². The van der Waals surface area contributed by atoms with Crippen LogP contribution in [-0.4, -0.2) is 55.5 Å². The van der Waals surface area contributed by atoms with Crippen LogP contribution in [0.1, 0.15) is 49.4 Å². The van der Waals surface area contributed by atoms with E-state index in [4.69, 9.17) is 14.2 Å². The Labute approximate surface area is 173 Å². The smallest absolute Gasteiger partial charge is 0.339 e. The van der Waals surface area contributed by atoms with Gasteiger partial charge in [-0.25, -0.2) is 4.79 Å². The quantitative estimate of drug-likeness (QED) is 0.498. The zero-order chi connectivity index (χ0) is 22.4. The Balaban J connectivity index is 1.96. The first-order valence-corrected chi connectivity index (χ1v) is 9.13. The number of nitrogens with one attached hydrogen (secondary N) is 2. The number of aromatic nitrogens is 1. The monoisotopic (exact) mass is 416 g/mol. The number of rotatable bonds is 8. The van der Waals surface area contributed by atoms with Gasteiger partial charge in [-0.05, 0) is 50.6 Å². The number of aromatic amines is 1. The molecule has 0 unspecified atom stereocenters. The molecule has 0 aliphatic rings. The summed E-state index contributed by atoms with van der Waals surface area (Å²) in [6.07, 6.45) is -1.11. The predicted octanol–water partition coefficient (Wildman–Crippen LogP) is 1.97. The van der Waals surface area contributed by atoms with Gasteiger partial charge >= 0.3 is 11.9 Å². The summed E-state index contributed by atoms with van der Waals surface area (Å²) in [4.78, 5) is 51.5. The number of amides is 1. The minimum atomic E-state index is -1.11. The number of hydrogen-bond donors (Lipinski definition) is 2. The van der Waals surface area contributed by atoms with Gasteiger partial charge < -0.3 is 24.5 Å². The second kappa shape index (κ2) is 9.73. The summed E-state index contributed by atoms with van der Waals surface area (Å²) in [6.45, 7) is 4.26. The Bertz CT molecular complexity index is 960. The summed E-state index contributed by atoms with van der Waals surface area (Å²) >= 11 is 0. The molecule has 9 nitrogen and oxygen atoms in total. The Morgan fingerprint density at radius 3 is 2.27 bits per heavy atom. The van der Waals surface area contributed by atoms with Crippen molar-refractivity contribution in [3.8, 4) is 5.75 Å². The molecule has 0 bridgehead atoms. The topological polar surface area (TPSA) is 124 Å². The fraction of sp³-hybridized carbons (Fsp3) is 0.333. The lowest BCUT2D eigenvalue weighted by Gasteiger charge is -2.13. The van der Waals surface area contributed by atoms with Gasteiger partial charge in [0.05, 0.1) is 25.5 Å². The Kier molecular flexibility index (Phi) is 7.35. The maximum atomic E-state index is 12.6. The molecule has 1 aromatic heterocycles. The van der Waals surface area contributed by atoms with Crippen LogP contribution in [0.25, 0.3) is 0 Å². The highest BCUT2D eigenvalue weighted by Crippen LogP contribution is 2.20. The molecule has 30 heavy (non-hydrogen) atoms. The van der Waals surface area contributed by atoms with Gasteiger partial charge in [0.2, 0.25) is 5.78 Å². The molecule has 9 heteroatoms. The Hall–Kier alpha value is -3.62. The molecule has 2 aromatic rings. The summed E-state index contributed by atoms with van der Waals surface area (Å²) in [5.41, 5.74) is 1.68. The lowest BCUT2D eigenvalue weighted by atomic mass is 10.1. The molecule has 0 radical (unpaired) electrons. The van der Waals surface area contributed by atoms with Crippen LogP contribution in [0.5, 0.6) is 5.75 Å². The average molecular weight is 416 g/mol. The molecule has 2 rings (SSSR count). The predicted molar refractivity (Wildman–Crippen MR) is 107 cm³/mol. The minimum Gasteiger partial charge on any atom is -0.497 e. The van der Waals surface area contributed by atoms with Crippen molar-refractivity contribution in [1.82, 2.24) is 10.3 Å². The van der Waals surface area contributed by atoms with Crippen LogP contribution in [0, 0.1) is 13.8 Å². The number of H-pyrrole nitrogens is 1. The molecule has 0 aliphatic heterocycles. The highest BCUT2D eigenvalue weighted by Gasteiger charge is 2.27. The molecule has 0 fully saturated rings. The first-order valence-electron chi connectivity index (χ1n) is 9.13. The second-order valence-corrected chi connectivity index (χ2v) is 6.52. The number of hydrogen-bond acceptors (Lipinski definition) is 7. The van der Waals surface area contributed by atoms with E-state index >= 15 is 0 Å². The maximum absolute atomic E-state index is 12.6. The number of ketones is 1. The maximum Gasteiger partial charge on any atom is 0.339 e. The minimum absolute atomic E-state index is 0.162. The van der Waals surface area contributed by atoms with E-state index < -0.39 is 36.3 Å². The third-order valence-electron chi connectivity index (χ3n) is 4.50. The second-order valence-electron chi connectivity index (χ2n) is 6.52. The number of carbonyl (C=O) groups is 4. The van der Waals surface area contributed by atoms with Crippen molar-refractivity contribution in [2.24, 2.45) is 0 Å². The lowest BCUT2D eigenvalue weighted by Crippen LogP contribution is -2.34. The third-order valence-corrected chi connectivity index (χ3v) is 4.50. The molecule has 0 saturated heterocycles. The van der Waals surface area contributed by atoms with Gasteiger partial charge in [0.1, 0.15) is 12.3 Å².